The van der Waals surface area contributed by atoms with Crippen LogP contribution in [-0.4, -0.2) is 27.2 Å². The van der Waals surface area contributed by atoms with E-state index < -0.39 is 5.60 Å². The third kappa shape index (κ3) is 3.42. The predicted molar refractivity (Wildman–Crippen MR) is 72.6 cm³/mol. The Balaban J connectivity index is 1.98. The molecule has 18 heavy (non-hydrogen) atoms. The third-order valence-corrected chi connectivity index (χ3v) is 3.63. The number of aromatic nitrogens is 2. The average Bonchev–Trinajstić information content (AvgIpc) is 2.25. The molecule has 1 aromatic heterocycles. The Morgan fingerprint density at radius 3 is 2.67 bits per heavy atom. The van der Waals surface area contributed by atoms with Crippen molar-refractivity contribution in [2.45, 2.75) is 52.1 Å². The molecule has 2 rings (SSSR count). The van der Waals surface area contributed by atoms with Gasteiger partial charge in [0.15, 0.2) is 0 Å². The molecule has 4 nitrogen and oxygen atoms in total. The Bertz CT molecular complexity index is 401. The summed E-state index contributed by atoms with van der Waals surface area (Å²) >= 11 is 0. The first-order valence-electron chi connectivity index (χ1n) is 6.75. The van der Waals surface area contributed by atoms with Gasteiger partial charge in [-0.25, -0.2) is 9.97 Å². The molecule has 1 aliphatic carbocycles. The van der Waals surface area contributed by atoms with Crippen LogP contribution in [0.25, 0.3) is 0 Å². The van der Waals surface area contributed by atoms with E-state index in [0.29, 0.717) is 18.4 Å². The van der Waals surface area contributed by atoms with E-state index in [0.717, 1.165) is 30.7 Å². The summed E-state index contributed by atoms with van der Waals surface area (Å²) in [6, 6.07) is 1.95. The second-order valence-corrected chi connectivity index (χ2v) is 5.75. The maximum atomic E-state index is 10.5. The summed E-state index contributed by atoms with van der Waals surface area (Å²) < 4.78 is 0. The van der Waals surface area contributed by atoms with Gasteiger partial charge in [-0.15, -0.1) is 0 Å². The summed E-state index contributed by atoms with van der Waals surface area (Å²) in [6.45, 7) is 6.66. The lowest BCUT2D eigenvalue weighted by molar-refractivity contribution is -0.000902. The van der Waals surface area contributed by atoms with Gasteiger partial charge in [-0.05, 0) is 38.7 Å². The van der Waals surface area contributed by atoms with Gasteiger partial charge >= 0.3 is 0 Å². The van der Waals surface area contributed by atoms with Crippen molar-refractivity contribution in [3.63, 3.8) is 0 Å². The minimum absolute atomic E-state index is 0.542. The van der Waals surface area contributed by atoms with Crippen LogP contribution in [0.5, 0.6) is 0 Å². The smallest absolute Gasteiger partial charge is 0.223 e. The molecular formula is C14H23N3O. The Hall–Kier alpha value is -1.16. The number of nitrogens with zero attached hydrogens (tertiary/aromatic N) is 2. The highest BCUT2D eigenvalue weighted by Gasteiger charge is 2.32. The fourth-order valence-corrected chi connectivity index (χ4v) is 2.84. The Morgan fingerprint density at radius 2 is 2.06 bits per heavy atom. The van der Waals surface area contributed by atoms with Crippen molar-refractivity contribution >= 4 is 5.95 Å². The maximum Gasteiger partial charge on any atom is 0.223 e. The maximum absolute atomic E-state index is 10.5. The molecule has 0 saturated heterocycles. The van der Waals surface area contributed by atoms with Crippen LogP contribution in [0.2, 0.25) is 0 Å². The number of rotatable bonds is 3. The van der Waals surface area contributed by atoms with Gasteiger partial charge in [0, 0.05) is 17.9 Å². The van der Waals surface area contributed by atoms with Crippen LogP contribution >= 0.6 is 0 Å². The van der Waals surface area contributed by atoms with E-state index in [1.54, 1.807) is 0 Å². The number of anilines is 1. The minimum Gasteiger partial charge on any atom is -0.388 e. The molecule has 0 bridgehead atoms. The normalized spacial score (nSPS) is 28.1. The first kappa shape index (κ1) is 13.3. The van der Waals surface area contributed by atoms with Crippen molar-refractivity contribution in [2.24, 2.45) is 5.92 Å². The van der Waals surface area contributed by atoms with Crippen LogP contribution in [-0.2, 0) is 0 Å². The summed E-state index contributed by atoms with van der Waals surface area (Å²) in [4.78, 5) is 8.67. The number of aryl methyl sites for hydroxylation is 2. The quantitative estimate of drug-likeness (QED) is 0.864. The van der Waals surface area contributed by atoms with Gasteiger partial charge in [0.05, 0.1) is 5.60 Å². The van der Waals surface area contributed by atoms with Gasteiger partial charge in [0.1, 0.15) is 0 Å². The Kier molecular flexibility index (Phi) is 3.85. The number of hydrogen-bond acceptors (Lipinski definition) is 4. The van der Waals surface area contributed by atoms with Gasteiger partial charge < -0.3 is 10.4 Å². The van der Waals surface area contributed by atoms with Crippen LogP contribution < -0.4 is 5.32 Å². The number of hydrogen-bond donors (Lipinski definition) is 2. The van der Waals surface area contributed by atoms with Gasteiger partial charge in [-0.2, -0.15) is 0 Å². The molecule has 2 N–H and O–H groups in total. The molecule has 1 heterocycles. The van der Waals surface area contributed by atoms with Crippen LogP contribution in [0.4, 0.5) is 5.95 Å². The molecule has 0 amide bonds. The largest absolute Gasteiger partial charge is 0.388 e. The molecule has 1 aromatic rings. The molecule has 1 saturated carbocycles. The van der Waals surface area contributed by atoms with E-state index in [1.165, 1.54) is 6.42 Å². The van der Waals surface area contributed by atoms with Crippen LogP contribution in [0, 0.1) is 19.8 Å². The van der Waals surface area contributed by atoms with Crippen molar-refractivity contribution in [3.8, 4) is 0 Å². The number of aliphatic hydroxyl groups is 1. The van der Waals surface area contributed by atoms with E-state index >= 15 is 0 Å². The van der Waals surface area contributed by atoms with Gasteiger partial charge in [0.25, 0.3) is 0 Å². The zero-order valence-electron chi connectivity index (χ0n) is 11.5. The van der Waals surface area contributed by atoms with Crippen molar-refractivity contribution in [2.75, 3.05) is 11.9 Å². The van der Waals surface area contributed by atoms with Crippen LogP contribution in [0.1, 0.15) is 44.0 Å². The number of nitrogens with one attached hydrogen (secondary N) is 1. The summed E-state index contributed by atoms with van der Waals surface area (Å²) in [5, 5.41) is 13.7. The van der Waals surface area contributed by atoms with E-state index in [1.807, 2.05) is 19.9 Å². The standard InChI is InChI=1S/C14H23N3O/c1-10-5-4-6-14(18,8-10)9-15-13-16-11(2)7-12(3)17-13/h7,10,18H,4-6,8-9H2,1-3H3,(H,15,16,17). The van der Waals surface area contributed by atoms with Crippen molar-refractivity contribution in [3.05, 3.63) is 17.5 Å². The third-order valence-electron chi connectivity index (χ3n) is 3.63. The second-order valence-electron chi connectivity index (χ2n) is 5.75. The topological polar surface area (TPSA) is 58.0 Å². The van der Waals surface area contributed by atoms with Gasteiger partial charge in [0.2, 0.25) is 5.95 Å². The zero-order valence-corrected chi connectivity index (χ0v) is 11.5. The summed E-state index contributed by atoms with van der Waals surface area (Å²) in [5.41, 5.74) is 1.31. The summed E-state index contributed by atoms with van der Waals surface area (Å²) in [6.07, 6.45) is 4.06. The SMILES string of the molecule is Cc1cc(C)nc(NCC2(O)CCCC(C)C2)n1. The molecule has 100 valence electrons. The molecular weight excluding hydrogens is 226 g/mol. The van der Waals surface area contributed by atoms with E-state index in [2.05, 4.69) is 22.2 Å². The second kappa shape index (κ2) is 5.22. The molecule has 0 spiro atoms. The molecule has 2 atom stereocenters. The lowest BCUT2D eigenvalue weighted by atomic mass is 9.79. The molecule has 4 heteroatoms. The fourth-order valence-electron chi connectivity index (χ4n) is 2.84. The first-order valence-corrected chi connectivity index (χ1v) is 6.75. The van der Waals surface area contributed by atoms with Gasteiger partial charge in [-0.1, -0.05) is 19.8 Å². The summed E-state index contributed by atoms with van der Waals surface area (Å²) in [7, 11) is 0. The van der Waals surface area contributed by atoms with E-state index in [9.17, 15) is 5.11 Å². The van der Waals surface area contributed by atoms with Crippen LogP contribution in [0.15, 0.2) is 6.07 Å². The van der Waals surface area contributed by atoms with E-state index in [4.69, 9.17) is 0 Å². The molecule has 0 radical (unpaired) electrons. The molecule has 1 fully saturated rings. The molecule has 2 unspecified atom stereocenters. The van der Waals surface area contributed by atoms with Crippen LogP contribution in [0.3, 0.4) is 0 Å². The highest BCUT2D eigenvalue weighted by molar-refractivity contribution is 5.28. The zero-order chi connectivity index (χ0) is 13.2. The van der Waals surface area contributed by atoms with Crippen molar-refractivity contribution in [1.82, 2.24) is 9.97 Å². The Labute approximate surface area is 109 Å². The molecule has 0 aliphatic heterocycles. The lowest BCUT2D eigenvalue weighted by Crippen LogP contribution is -2.41. The van der Waals surface area contributed by atoms with E-state index in [-0.39, 0.29) is 0 Å². The van der Waals surface area contributed by atoms with Gasteiger partial charge in [-0.3, -0.25) is 0 Å². The lowest BCUT2D eigenvalue weighted by Gasteiger charge is -2.35. The predicted octanol–water partition coefficient (Wildman–Crippen LogP) is 2.45. The van der Waals surface area contributed by atoms with Crippen molar-refractivity contribution in [1.29, 1.82) is 0 Å². The Morgan fingerprint density at radius 1 is 1.39 bits per heavy atom. The highest BCUT2D eigenvalue weighted by Crippen LogP contribution is 2.32. The van der Waals surface area contributed by atoms with Crippen molar-refractivity contribution < 1.29 is 5.11 Å². The minimum atomic E-state index is -0.599. The fraction of sp³-hybridized carbons (Fsp3) is 0.714. The molecule has 1 aliphatic rings. The highest BCUT2D eigenvalue weighted by atomic mass is 16.3. The monoisotopic (exact) mass is 249 g/mol. The molecule has 0 aromatic carbocycles. The average molecular weight is 249 g/mol. The first-order chi connectivity index (χ1) is 8.47. The summed E-state index contributed by atoms with van der Waals surface area (Å²) in [5.74, 6) is 1.23.